The van der Waals surface area contributed by atoms with Crippen molar-refractivity contribution in [3.63, 3.8) is 0 Å². The molecule has 1 atom stereocenters. The van der Waals surface area contributed by atoms with Gasteiger partial charge in [0, 0.05) is 13.1 Å². The van der Waals surface area contributed by atoms with E-state index in [2.05, 4.69) is 53.4 Å². The summed E-state index contributed by atoms with van der Waals surface area (Å²) < 4.78 is 38.3. The van der Waals surface area contributed by atoms with E-state index in [0.717, 1.165) is 12.1 Å². The van der Waals surface area contributed by atoms with Crippen LogP contribution in [0.1, 0.15) is 48.4 Å². The quantitative estimate of drug-likeness (QED) is 0.762. The molecule has 0 radical (unpaired) electrons. The summed E-state index contributed by atoms with van der Waals surface area (Å²) in [7, 11) is 0. The lowest BCUT2D eigenvalue weighted by molar-refractivity contribution is -0.355. The van der Waals surface area contributed by atoms with E-state index >= 15 is 0 Å². The van der Waals surface area contributed by atoms with Gasteiger partial charge < -0.3 is 15.3 Å². The van der Waals surface area contributed by atoms with Gasteiger partial charge in [-0.15, -0.1) is 0 Å². The van der Waals surface area contributed by atoms with Crippen LogP contribution in [-0.4, -0.2) is 22.8 Å². The van der Waals surface area contributed by atoms with Crippen LogP contribution in [0.15, 0.2) is 53.7 Å². The van der Waals surface area contributed by atoms with E-state index in [1.54, 1.807) is 12.1 Å². The molecule has 0 bridgehead atoms. The Labute approximate surface area is 162 Å². The Kier molecular flexibility index (Phi) is 5.76. The van der Waals surface area contributed by atoms with Crippen LogP contribution in [0.2, 0.25) is 0 Å². The molecule has 28 heavy (non-hydrogen) atoms. The van der Waals surface area contributed by atoms with Crippen LogP contribution in [0, 0.1) is 0 Å². The summed E-state index contributed by atoms with van der Waals surface area (Å²) in [5.41, 5.74) is 4.05. The molecule has 0 aliphatic carbocycles. The van der Waals surface area contributed by atoms with Crippen LogP contribution in [0.5, 0.6) is 0 Å². The van der Waals surface area contributed by atoms with Crippen LogP contribution in [0.4, 0.5) is 13.2 Å². The Morgan fingerprint density at radius 3 is 2.04 bits per heavy atom. The zero-order valence-corrected chi connectivity index (χ0v) is 15.8. The number of nitrogens with zero attached hydrogens (tertiary/aromatic N) is 1. The standard InChI is InChI=1S/C21H23F3N2O2/c1-14(2)17-7-3-15(4-8-17)12-25-13-16-5-9-18(10-6-16)19-11-20(27,28-26-19)21(22,23)24/h3-10,14,25,27H,11-13H2,1-2H3. The lowest BCUT2D eigenvalue weighted by Gasteiger charge is -2.22. The summed E-state index contributed by atoms with van der Waals surface area (Å²) in [6.07, 6.45) is -5.62. The number of benzene rings is 2. The van der Waals surface area contributed by atoms with Gasteiger partial charge in [-0.05, 0) is 28.2 Å². The molecule has 1 aliphatic rings. The zero-order chi connectivity index (χ0) is 20.4. The predicted octanol–water partition coefficient (Wildman–Crippen LogP) is 4.48. The molecule has 2 aromatic rings. The van der Waals surface area contributed by atoms with Crippen molar-refractivity contribution in [1.29, 1.82) is 0 Å². The second kappa shape index (κ2) is 7.93. The molecule has 3 rings (SSSR count). The summed E-state index contributed by atoms with van der Waals surface area (Å²) >= 11 is 0. The van der Waals surface area contributed by atoms with Crippen molar-refractivity contribution in [1.82, 2.24) is 5.32 Å². The van der Waals surface area contributed by atoms with E-state index in [0.29, 0.717) is 18.0 Å². The Morgan fingerprint density at radius 2 is 1.57 bits per heavy atom. The van der Waals surface area contributed by atoms with Gasteiger partial charge in [-0.2, -0.15) is 13.2 Å². The van der Waals surface area contributed by atoms with Crippen molar-refractivity contribution in [3.8, 4) is 0 Å². The van der Waals surface area contributed by atoms with Crippen molar-refractivity contribution in [2.24, 2.45) is 5.16 Å². The maximum atomic E-state index is 12.8. The van der Waals surface area contributed by atoms with E-state index in [1.165, 1.54) is 11.1 Å². The molecule has 0 aromatic heterocycles. The average molecular weight is 392 g/mol. The minimum Gasteiger partial charge on any atom is -0.350 e. The molecule has 0 saturated carbocycles. The molecule has 0 fully saturated rings. The Morgan fingerprint density at radius 1 is 1.04 bits per heavy atom. The molecule has 7 heteroatoms. The normalized spacial score (nSPS) is 19.6. The molecule has 1 heterocycles. The van der Waals surface area contributed by atoms with Crippen LogP contribution < -0.4 is 5.32 Å². The molecule has 2 aromatic carbocycles. The fraction of sp³-hybridized carbons (Fsp3) is 0.381. The van der Waals surface area contributed by atoms with Crippen molar-refractivity contribution in [3.05, 3.63) is 70.8 Å². The van der Waals surface area contributed by atoms with Gasteiger partial charge in [0.15, 0.2) is 0 Å². The Hall–Kier alpha value is -2.38. The molecule has 1 unspecified atom stereocenters. The molecule has 2 N–H and O–H groups in total. The van der Waals surface area contributed by atoms with E-state index in [1.807, 2.05) is 12.1 Å². The number of alkyl halides is 3. The van der Waals surface area contributed by atoms with E-state index in [9.17, 15) is 18.3 Å². The maximum absolute atomic E-state index is 12.8. The van der Waals surface area contributed by atoms with Gasteiger partial charge in [0.25, 0.3) is 0 Å². The van der Waals surface area contributed by atoms with Crippen LogP contribution in [-0.2, 0) is 17.9 Å². The third kappa shape index (κ3) is 4.54. The van der Waals surface area contributed by atoms with Gasteiger partial charge in [-0.3, -0.25) is 0 Å². The molecule has 0 spiro atoms. The van der Waals surface area contributed by atoms with Crippen molar-refractivity contribution in [2.45, 2.75) is 51.2 Å². The molecular formula is C21H23F3N2O2. The highest BCUT2D eigenvalue weighted by Gasteiger charge is 2.60. The molecule has 4 nitrogen and oxygen atoms in total. The average Bonchev–Trinajstić information content (AvgIpc) is 3.06. The highest BCUT2D eigenvalue weighted by Crippen LogP contribution is 2.38. The first kappa shape index (κ1) is 20.4. The minimum atomic E-state index is -4.89. The van der Waals surface area contributed by atoms with Gasteiger partial charge in [-0.1, -0.05) is 67.5 Å². The lowest BCUT2D eigenvalue weighted by atomic mass is 10.0. The number of rotatable bonds is 6. The summed E-state index contributed by atoms with van der Waals surface area (Å²) in [5.74, 6) is -2.74. The number of nitrogens with one attached hydrogen (secondary N) is 1. The fourth-order valence-corrected chi connectivity index (χ4v) is 2.92. The van der Waals surface area contributed by atoms with E-state index in [-0.39, 0.29) is 5.71 Å². The summed E-state index contributed by atoms with van der Waals surface area (Å²) in [6, 6.07) is 15.5. The highest BCUT2D eigenvalue weighted by molar-refractivity contribution is 6.01. The van der Waals surface area contributed by atoms with Crippen LogP contribution >= 0.6 is 0 Å². The van der Waals surface area contributed by atoms with Crippen LogP contribution in [0.25, 0.3) is 0 Å². The maximum Gasteiger partial charge on any atom is 0.458 e. The zero-order valence-electron chi connectivity index (χ0n) is 15.8. The first-order valence-corrected chi connectivity index (χ1v) is 9.11. The second-order valence-electron chi connectivity index (χ2n) is 7.28. The Balaban J connectivity index is 1.52. The van der Waals surface area contributed by atoms with Gasteiger partial charge in [0.05, 0.1) is 12.1 Å². The summed E-state index contributed by atoms with van der Waals surface area (Å²) in [6.45, 7) is 5.66. The van der Waals surface area contributed by atoms with Gasteiger partial charge in [-0.25, -0.2) is 0 Å². The molecular weight excluding hydrogens is 369 g/mol. The van der Waals surface area contributed by atoms with Crippen molar-refractivity contribution >= 4 is 5.71 Å². The SMILES string of the molecule is CC(C)c1ccc(CNCc2ccc(C3=NOC(O)(C(F)(F)F)C3)cc2)cc1. The summed E-state index contributed by atoms with van der Waals surface area (Å²) in [5, 5.41) is 16.3. The summed E-state index contributed by atoms with van der Waals surface area (Å²) in [4.78, 5) is 4.25. The van der Waals surface area contributed by atoms with Gasteiger partial charge in [0.1, 0.15) is 0 Å². The van der Waals surface area contributed by atoms with Gasteiger partial charge >= 0.3 is 12.0 Å². The predicted molar refractivity (Wildman–Crippen MR) is 101 cm³/mol. The number of oxime groups is 1. The van der Waals surface area contributed by atoms with Gasteiger partial charge in [0.2, 0.25) is 0 Å². The topological polar surface area (TPSA) is 53.9 Å². The monoisotopic (exact) mass is 392 g/mol. The molecule has 1 aliphatic heterocycles. The first-order chi connectivity index (χ1) is 13.2. The number of hydrogen-bond donors (Lipinski definition) is 2. The van der Waals surface area contributed by atoms with Crippen molar-refractivity contribution < 1.29 is 23.1 Å². The fourth-order valence-electron chi connectivity index (χ4n) is 2.92. The van der Waals surface area contributed by atoms with Crippen molar-refractivity contribution in [2.75, 3.05) is 0 Å². The smallest absolute Gasteiger partial charge is 0.350 e. The highest BCUT2D eigenvalue weighted by atomic mass is 19.4. The number of halogens is 3. The number of aliphatic hydroxyl groups is 1. The third-order valence-electron chi connectivity index (χ3n) is 4.75. The molecule has 0 saturated heterocycles. The largest absolute Gasteiger partial charge is 0.458 e. The number of hydrogen-bond acceptors (Lipinski definition) is 4. The van der Waals surface area contributed by atoms with Crippen LogP contribution in [0.3, 0.4) is 0 Å². The lowest BCUT2D eigenvalue weighted by Crippen LogP contribution is -2.45. The molecule has 0 amide bonds. The second-order valence-corrected chi connectivity index (χ2v) is 7.28. The Bertz CT molecular complexity index is 830. The molecule has 150 valence electrons. The first-order valence-electron chi connectivity index (χ1n) is 9.11. The van der Waals surface area contributed by atoms with E-state index in [4.69, 9.17) is 0 Å². The minimum absolute atomic E-state index is 0.0737. The third-order valence-corrected chi connectivity index (χ3v) is 4.75. The van der Waals surface area contributed by atoms with E-state index < -0.39 is 18.4 Å².